The van der Waals surface area contributed by atoms with Crippen molar-refractivity contribution in [1.29, 1.82) is 0 Å². The van der Waals surface area contributed by atoms with Crippen molar-refractivity contribution in [3.8, 4) is 0 Å². The third-order valence-corrected chi connectivity index (χ3v) is 13.1. The molecule has 1 aromatic heterocycles. The van der Waals surface area contributed by atoms with Gasteiger partial charge in [-0.1, -0.05) is 21.6 Å². The Kier molecular flexibility index (Phi) is 10.1. The maximum Gasteiger partial charge on any atom is 0.205 e. The Balaban J connectivity index is 0.830. The first-order valence-electron chi connectivity index (χ1n) is 18.5. The van der Waals surface area contributed by atoms with Gasteiger partial charge in [0.15, 0.2) is 19.3 Å². The van der Waals surface area contributed by atoms with Crippen molar-refractivity contribution < 1.29 is 9.14 Å². The lowest BCUT2D eigenvalue weighted by Crippen LogP contribution is -2.37. The molecule has 6 heteroatoms. The Morgan fingerprint density at radius 2 is 1.19 bits per heavy atom. The number of hydrogen-bond acceptors (Lipinski definition) is 4. The molecule has 3 aromatic rings. The molecular formula is C42H50N4S2+2. The molecule has 0 bridgehead atoms. The van der Waals surface area contributed by atoms with Crippen LogP contribution in [0.4, 0.5) is 11.4 Å². The highest BCUT2D eigenvalue weighted by Crippen LogP contribution is 2.37. The minimum absolute atomic E-state index is 1.02. The Bertz CT molecular complexity index is 1710. The Labute approximate surface area is 295 Å². The zero-order chi connectivity index (χ0) is 32.1. The first-order chi connectivity index (χ1) is 23.8. The van der Waals surface area contributed by atoms with Crippen molar-refractivity contribution in [3.05, 3.63) is 106 Å². The summed E-state index contributed by atoms with van der Waals surface area (Å²) in [5.74, 6) is 2.22. The fourth-order valence-electron chi connectivity index (χ4n) is 8.52. The van der Waals surface area contributed by atoms with Gasteiger partial charge in [-0.25, -0.2) is 4.58 Å². The smallest absolute Gasteiger partial charge is 0.205 e. The van der Waals surface area contributed by atoms with Crippen molar-refractivity contribution in [2.75, 3.05) is 54.0 Å². The van der Waals surface area contributed by atoms with Gasteiger partial charge in [0, 0.05) is 68.3 Å². The third kappa shape index (κ3) is 7.21. The zero-order valence-corrected chi connectivity index (χ0v) is 30.0. The molecule has 0 aliphatic carbocycles. The van der Waals surface area contributed by atoms with Gasteiger partial charge in [0.25, 0.3) is 0 Å². The number of anilines is 2. The van der Waals surface area contributed by atoms with E-state index in [4.69, 9.17) is 0 Å². The number of benzene rings is 2. The molecule has 0 radical (unpaired) electrons. The molecule has 0 atom stereocenters. The van der Waals surface area contributed by atoms with E-state index in [-0.39, 0.29) is 0 Å². The van der Waals surface area contributed by atoms with Crippen molar-refractivity contribution in [3.63, 3.8) is 0 Å². The summed E-state index contributed by atoms with van der Waals surface area (Å²) in [6.45, 7) is 7.03. The molecule has 6 heterocycles. The van der Waals surface area contributed by atoms with E-state index in [9.17, 15) is 0 Å². The number of nitrogens with zero attached hydrogens (tertiary/aromatic N) is 4. The van der Waals surface area contributed by atoms with Gasteiger partial charge in [0.2, 0.25) is 11.4 Å². The van der Waals surface area contributed by atoms with Gasteiger partial charge in [-0.3, -0.25) is 0 Å². The third-order valence-electron chi connectivity index (χ3n) is 10.7. The highest BCUT2D eigenvalue weighted by molar-refractivity contribution is 8.76. The van der Waals surface area contributed by atoms with E-state index in [1.54, 1.807) is 33.6 Å². The van der Waals surface area contributed by atoms with E-state index < -0.39 is 0 Å². The lowest BCUT2D eigenvalue weighted by molar-refractivity contribution is -0.694. The maximum atomic E-state index is 2.63. The normalized spacial score (nSPS) is 18.6. The standard InChI is InChI=1S/C42H50N4S2/c1-3-19-43(39(13-1)17-15-33-29-35-9-5-21-45-22-6-10-36(30-33)41(35)45)25-27-47-48-28-26-44-20-4-2-14-40(44)18-16-34-31-37-11-7-23-46-24-8-12-38(32-34)42(37)46/h1,3,13-20,29-32H,2,4-12,21-28H2/q+2/b18-16+. The molecule has 0 fully saturated rings. The van der Waals surface area contributed by atoms with Crippen LogP contribution in [0.2, 0.25) is 0 Å². The van der Waals surface area contributed by atoms with Gasteiger partial charge in [-0.05, 0) is 140 Å². The van der Waals surface area contributed by atoms with Crippen LogP contribution in [0.15, 0.2) is 66.5 Å². The predicted molar refractivity (Wildman–Crippen MR) is 209 cm³/mol. The van der Waals surface area contributed by atoms with Gasteiger partial charge in [-0.15, -0.1) is 0 Å². The summed E-state index contributed by atoms with van der Waals surface area (Å²) < 4.78 is 4.89. The van der Waals surface area contributed by atoms with Gasteiger partial charge in [0.1, 0.15) is 6.21 Å². The largest absolute Gasteiger partial charge is 0.371 e. The summed E-state index contributed by atoms with van der Waals surface area (Å²) in [6, 6.07) is 16.4. The molecule has 0 saturated carbocycles. The zero-order valence-electron chi connectivity index (χ0n) is 28.4. The molecule has 48 heavy (non-hydrogen) atoms. The topological polar surface area (TPSA) is 13.4 Å². The summed E-state index contributed by atoms with van der Waals surface area (Å²) in [5, 5.41) is 0. The van der Waals surface area contributed by atoms with E-state index >= 15 is 0 Å². The van der Waals surface area contributed by atoms with Crippen LogP contribution in [-0.2, 0) is 32.2 Å². The lowest BCUT2D eigenvalue weighted by Gasteiger charge is -2.37. The van der Waals surface area contributed by atoms with Crippen LogP contribution >= 0.6 is 21.6 Å². The molecule has 4 nitrogen and oxygen atoms in total. The summed E-state index contributed by atoms with van der Waals surface area (Å²) in [4.78, 5) is 5.26. The number of aromatic nitrogens is 1. The van der Waals surface area contributed by atoms with E-state index in [1.165, 1.54) is 100 Å². The molecule has 0 N–H and O–H groups in total. The van der Waals surface area contributed by atoms with Crippen LogP contribution in [0.1, 0.15) is 77.6 Å². The second-order valence-electron chi connectivity index (χ2n) is 14.0. The highest BCUT2D eigenvalue weighted by atomic mass is 33.1. The molecule has 8 rings (SSSR count). The fraction of sp³-hybridized carbons (Fsp3) is 0.429. The van der Waals surface area contributed by atoms with E-state index in [1.807, 2.05) is 21.6 Å². The van der Waals surface area contributed by atoms with Crippen LogP contribution < -0.4 is 14.4 Å². The van der Waals surface area contributed by atoms with Crippen LogP contribution in [0.5, 0.6) is 0 Å². The number of rotatable bonds is 11. The summed E-state index contributed by atoms with van der Waals surface area (Å²) in [7, 11) is 4.02. The Hall–Kier alpha value is -3.22. The van der Waals surface area contributed by atoms with Crippen LogP contribution in [0.3, 0.4) is 0 Å². The first-order valence-corrected chi connectivity index (χ1v) is 21.0. The second kappa shape index (κ2) is 15.1. The predicted octanol–water partition coefficient (Wildman–Crippen LogP) is 8.40. The fourth-order valence-corrected chi connectivity index (χ4v) is 10.5. The van der Waals surface area contributed by atoms with Gasteiger partial charge < -0.3 is 9.80 Å². The van der Waals surface area contributed by atoms with E-state index in [0.29, 0.717) is 0 Å². The Morgan fingerprint density at radius 1 is 0.625 bits per heavy atom. The molecule has 5 aliphatic heterocycles. The second-order valence-corrected chi connectivity index (χ2v) is 16.7. The van der Waals surface area contributed by atoms with Crippen molar-refractivity contribution in [2.24, 2.45) is 0 Å². The van der Waals surface area contributed by atoms with Crippen LogP contribution in [-0.4, -0.2) is 55.0 Å². The van der Waals surface area contributed by atoms with Crippen molar-refractivity contribution >= 4 is 57.4 Å². The monoisotopic (exact) mass is 674 g/mol. The SMILES string of the molecule is C1=C(/C=C/c2cc3c4c(c2)CCCN4CCC3)[N+](CCSSCC[n+]2ccccc2/C=C/c2cc3c4c(c2)CCCN4CCC3)=CCC1. The number of allylic oxidation sites excluding steroid dienone is 2. The van der Waals surface area contributed by atoms with Crippen molar-refractivity contribution in [2.45, 2.75) is 70.8 Å². The molecular weight excluding hydrogens is 625 g/mol. The summed E-state index contributed by atoms with van der Waals surface area (Å²) in [5.41, 5.74) is 14.7. The van der Waals surface area contributed by atoms with Gasteiger partial charge in [-0.2, -0.15) is 4.57 Å². The molecule has 0 saturated heterocycles. The lowest BCUT2D eigenvalue weighted by atomic mass is 9.90. The minimum atomic E-state index is 1.02. The molecule has 2 aromatic carbocycles. The molecule has 0 unspecified atom stereocenters. The Morgan fingerprint density at radius 3 is 1.79 bits per heavy atom. The number of hydrogen-bond donors (Lipinski definition) is 0. The molecule has 0 amide bonds. The average Bonchev–Trinajstić information content (AvgIpc) is 3.12. The first kappa shape index (κ1) is 32.0. The van der Waals surface area contributed by atoms with Crippen LogP contribution in [0.25, 0.3) is 18.2 Å². The highest BCUT2D eigenvalue weighted by Gasteiger charge is 2.25. The van der Waals surface area contributed by atoms with E-state index in [0.717, 1.165) is 37.4 Å². The van der Waals surface area contributed by atoms with Crippen molar-refractivity contribution in [1.82, 2.24) is 0 Å². The summed E-state index contributed by atoms with van der Waals surface area (Å²) >= 11 is 0. The summed E-state index contributed by atoms with van der Waals surface area (Å²) in [6.07, 6.45) is 28.8. The number of aryl methyl sites for hydroxylation is 5. The average molecular weight is 675 g/mol. The molecule has 5 aliphatic rings. The quantitative estimate of drug-likeness (QED) is 0.115. The van der Waals surface area contributed by atoms with Gasteiger partial charge in [0.05, 0.1) is 11.5 Å². The van der Waals surface area contributed by atoms with Gasteiger partial charge >= 0.3 is 0 Å². The molecule has 248 valence electrons. The minimum Gasteiger partial charge on any atom is -0.371 e. The number of pyridine rings is 1. The van der Waals surface area contributed by atoms with Crippen LogP contribution in [0, 0.1) is 0 Å². The van der Waals surface area contributed by atoms with E-state index in [2.05, 4.69) is 104 Å². The molecule has 0 spiro atoms. The maximum absolute atomic E-state index is 2.63.